The quantitative estimate of drug-likeness (QED) is 0.673. The van der Waals surface area contributed by atoms with Crippen molar-refractivity contribution in [3.63, 3.8) is 0 Å². The summed E-state index contributed by atoms with van der Waals surface area (Å²) in [5.74, 6) is 1.01. The van der Waals surface area contributed by atoms with Crippen LogP contribution >= 0.6 is 0 Å². The molecule has 0 spiro atoms. The molecule has 0 saturated heterocycles. The summed E-state index contributed by atoms with van der Waals surface area (Å²) >= 11 is 0. The van der Waals surface area contributed by atoms with E-state index in [-0.39, 0.29) is 0 Å². The predicted octanol–water partition coefficient (Wildman–Crippen LogP) is 4.24. The van der Waals surface area contributed by atoms with Crippen molar-refractivity contribution < 1.29 is 4.74 Å². The summed E-state index contributed by atoms with van der Waals surface area (Å²) in [5, 5.41) is 3.52. The number of nitrogens with one attached hydrogen (secondary N) is 1. The summed E-state index contributed by atoms with van der Waals surface area (Å²) in [5.41, 5.74) is 2.46. The molecule has 1 aromatic rings. The summed E-state index contributed by atoms with van der Waals surface area (Å²) in [4.78, 5) is 0. The van der Waals surface area contributed by atoms with Crippen LogP contribution in [0.1, 0.15) is 50.7 Å². The summed E-state index contributed by atoms with van der Waals surface area (Å²) < 4.78 is 5.83. The Labute approximate surface area is 118 Å². The second kappa shape index (κ2) is 8.98. The van der Waals surface area contributed by atoms with Crippen LogP contribution in [0.4, 0.5) is 0 Å². The highest BCUT2D eigenvalue weighted by Gasteiger charge is 2.02. The van der Waals surface area contributed by atoms with Gasteiger partial charge in [0.1, 0.15) is 12.4 Å². The van der Waals surface area contributed by atoms with Gasteiger partial charge in [0.2, 0.25) is 0 Å². The average Bonchev–Trinajstić information content (AvgIpc) is 2.39. The number of benzene rings is 1. The van der Waals surface area contributed by atoms with Crippen molar-refractivity contribution in [2.75, 3.05) is 13.2 Å². The fourth-order valence-corrected chi connectivity index (χ4v) is 2.13. The minimum atomic E-state index is 0.591. The fourth-order valence-electron chi connectivity index (χ4n) is 2.13. The number of ether oxygens (including phenoxy) is 1. The number of hydrogen-bond donors (Lipinski definition) is 1. The van der Waals surface area contributed by atoms with Crippen molar-refractivity contribution in [2.24, 2.45) is 0 Å². The molecule has 1 N–H and O–H groups in total. The van der Waals surface area contributed by atoms with Gasteiger partial charge < -0.3 is 10.1 Å². The van der Waals surface area contributed by atoms with E-state index in [1.165, 1.54) is 36.8 Å². The van der Waals surface area contributed by atoms with Gasteiger partial charge in [-0.3, -0.25) is 0 Å². The lowest BCUT2D eigenvalue weighted by atomic mass is 10.1. The lowest BCUT2D eigenvalue weighted by molar-refractivity contribution is 0.302. The molecule has 19 heavy (non-hydrogen) atoms. The van der Waals surface area contributed by atoms with Gasteiger partial charge in [0.15, 0.2) is 0 Å². The minimum absolute atomic E-state index is 0.591. The maximum Gasteiger partial charge on any atom is 0.122 e. The maximum atomic E-state index is 5.83. The van der Waals surface area contributed by atoms with Crippen LogP contribution in [-0.4, -0.2) is 19.2 Å². The Morgan fingerprint density at radius 1 is 1.21 bits per heavy atom. The molecular formula is C17H29NO. The SMILES string of the molecule is CCCCCC(C)NCCOc1cc(C)ccc1C. The number of aryl methyl sites for hydroxylation is 2. The fraction of sp³-hybridized carbons (Fsp3) is 0.647. The molecule has 0 amide bonds. The molecule has 1 aromatic carbocycles. The molecule has 1 unspecified atom stereocenters. The van der Waals surface area contributed by atoms with Crippen molar-refractivity contribution in [3.8, 4) is 5.75 Å². The van der Waals surface area contributed by atoms with Gasteiger partial charge in [0.05, 0.1) is 0 Å². The standard InChI is InChI=1S/C17H29NO/c1-5-6-7-8-16(4)18-11-12-19-17-13-14(2)9-10-15(17)3/h9-10,13,16,18H,5-8,11-12H2,1-4H3. The van der Waals surface area contributed by atoms with Gasteiger partial charge >= 0.3 is 0 Å². The highest BCUT2D eigenvalue weighted by molar-refractivity contribution is 5.35. The molecule has 1 rings (SSSR count). The van der Waals surface area contributed by atoms with Crippen LogP contribution in [0.25, 0.3) is 0 Å². The third kappa shape index (κ3) is 6.63. The van der Waals surface area contributed by atoms with Crippen LogP contribution in [0.5, 0.6) is 5.75 Å². The molecule has 0 aliphatic heterocycles. The van der Waals surface area contributed by atoms with E-state index in [0.29, 0.717) is 6.04 Å². The Hall–Kier alpha value is -1.02. The van der Waals surface area contributed by atoms with Crippen molar-refractivity contribution >= 4 is 0 Å². The molecular weight excluding hydrogens is 234 g/mol. The Morgan fingerprint density at radius 3 is 2.74 bits per heavy atom. The average molecular weight is 263 g/mol. The Kier molecular flexibility index (Phi) is 7.57. The van der Waals surface area contributed by atoms with E-state index in [9.17, 15) is 0 Å². The first-order valence-corrected chi connectivity index (χ1v) is 7.57. The van der Waals surface area contributed by atoms with Gasteiger partial charge in [-0.15, -0.1) is 0 Å². The highest BCUT2D eigenvalue weighted by atomic mass is 16.5. The summed E-state index contributed by atoms with van der Waals surface area (Å²) in [6.45, 7) is 10.3. The van der Waals surface area contributed by atoms with E-state index in [1.807, 2.05) is 0 Å². The zero-order chi connectivity index (χ0) is 14.1. The smallest absolute Gasteiger partial charge is 0.122 e. The van der Waals surface area contributed by atoms with E-state index < -0.39 is 0 Å². The Morgan fingerprint density at radius 2 is 2.00 bits per heavy atom. The summed E-state index contributed by atoms with van der Waals surface area (Å²) in [7, 11) is 0. The van der Waals surface area contributed by atoms with Crippen molar-refractivity contribution in [1.29, 1.82) is 0 Å². The monoisotopic (exact) mass is 263 g/mol. The molecule has 2 heteroatoms. The largest absolute Gasteiger partial charge is 0.492 e. The molecule has 1 atom stereocenters. The zero-order valence-electron chi connectivity index (χ0n) is 13.0. The van der Waals surface area contributed by atoms with E-state index in [2.05, 4.69) is 51.2 Å². The molecule has 0 fully saturated rings. The van der Waals surface area contributed by atoms with E-state index in [0.717, 1.165) is 18.9 Å². The van der Waals surface area contributed by atoms with Crippen molar-refractivity contribution in [2.45, 2.75) is 59.4 Å². The van der Waals surface area contributed by atoms with Crippen molar-refractivity contribution in [3.05, 3.63) is 29.3 Å². The van der Waals surface area contributed by atoms with Gasteiger partial charge in [-0.1, -0.05) is 38.3 Å². The molecule has 0 aliphatic carbocycles. The topological polar surface area (TPSA) is 21.3 Å². The van der Waals surface area contributed by atoms with Crippen LogP contribution < -0.4 is 10.1 Å². The molecule has 2 nitrogen and oxygen atoms in total. The normalized spacial score (nSPS) is 12.4. The molecule has 108 valence electrons. The third-order valence-electron chi connectivity index (χ3n) is 3.44. The van der Waals surface area contributed by atoms with Crippen LogP contribution in [0.2, 0.25) is 0 Å². The first-order valence-electron chi connectivity index (χ1n) is 7.57. The first-order chi connectivity index (χ1) is 9.13. The Bertz CT molecular complexity index is 362. The minimum Gasteiger partial charge on any atom is -0.492 e. The molecule has 0 saturated carbocycles. The second-order valence-corrected chi connectivity index (χ2v) is 5.47. The molecule has 0 aromatic heterocycles. The van der Waals surface area contributed by atoms with E-state index >= 15 is 0 Å². The van der Waals surface area contributed by atoms with E-state index in [1.54, 1.807) is 0 Å². The summed E-state index contributed by atoms with van der Waals surface area (Å²) in [6.07, 6.45) is 5.22. The van der Waals surface area contributed by atoms with Gasteiger partial charge in [-0.25, -0.2) is 0 Å². The van der Waals surface area contributed by atoms with Gasteiger partial charge in [-0.05, 0) is 44.4 Å². The van der Waals surface area contributed by atoms with Gasteiger partial charge in [0, 0.05) is 12.6 Å². The molecule has 0 bridgehead atoms. The molecule has 0 aliphatic rings. The highest BCUT2D eigenvalue weighted by Crippen LogP contribution is 2.18. The third-order valence-corrected chi connectivity index (χ3v) is 3.44. The molecule has 0 heterocycles. The number of hydrogen-bond acceptors (Lipinski definition) is 2. The van der Waals surface area contributed by atoms with Gasteiger partial charge in [-0.2, -0.15) is 0 Å². The lowest BCUT2D eigenvalue weighted by Crippen LogP contribution is -2.30. The lowest BCUT2D eigenvalue weighted by Gasteiger charge is -2.15. The van der Waals surface area contributed by atoms with Crippen molar-refractivity contribution in [1.82, 2.24) is 5.32 Å². The van der Waals surface area contributed by atoms with E-state index in [4.69, 9.17) is 4.74 Å². The van der Waals surface area contributed by atoms with Crippen LogP contribution in [0.15, 0.2) is 18.2 Å². The predicted molar refractivity (Wildman–Crippen MR) is 83.0 cm³/mol. The number of unbranched alkanes of at least 4 members (excludes halogenated alkanes) is 2. The first kappa shape index (κ1) is 16.0. The van der Waals surface area contributed by atoms with Gasteiger partial charge in [0.25, 0.3) is 0 Å². The maximum absolute atomic E-state index is 5.83. The molecule has 0 radical (unpaired) electrons. The summed E-state index contributed by atoms with van der Waals surface area (Å²) in [6, 6.07) is 6.94. The van der Waals surface area contributed by atoms with Crippen LogP contribution in [0, 0.1) is 13.8 Å². The zero-order valence-corrected chi connectivity index (χ0v) is 13.0. The second-order valence-electron chi connectivity index (χ2n) is 5.47. The van der Waals surface area contributed by atoms with Crippen LogP contribution in [0.3, 0.4) is 0 Å². The number of rotatable bonds is 9. The Balaban J connectivity index is 2.18. The van der Waals surface area contributed by atoms with Crippen LogP contribution in [-0.2, 0) is 0 Å².